The van der Waals surface area contributed by atoms with E-state index in [4.69, 9.17) is 0 Å². The van der Waals surface area contributed by atoms with Gasteiger partial charge in [0.2, 0.25) is 5.13 Å². The molecule has 0 aliphatic carbocycles. The Morgan fingerprint density at radius 2 is 1.95 bits per heavy atom. The summed E-state index contributed by atoms with van der Waals surface area (Å²) >= 11 is 3.13. The molecule has 3 rings (SSSR count). The molecule has 0 radical (unpaired) electrons. The van der Waals surface area contributed by atoms with Crippen LogP contribution in [0.25, 0.3) is 0 Å². The molecule has 1 fully saturated rings. The molecule has 2 aromatic rings. The Labute approximate surface area is 136 Å². The molecule has 7 heteroatoms. The number of anilines is 1. The van der Waals surface area contributed by atoms with E-state index in [0.29, 0.717) is 17.7 Å². The summed E-state index contributed by atoms with van der Waals surface area (Å²) in [6, 6.07) is 5.68. The van der Waals surface area contributed by atoms with Crippen LogP contribution in [-0.4, -0.2) is 34.8 Å². The van der Waals surface area contributed by atoms with Gasteiger partial charge in [0.05, 0.1) is 0 Å². The molecule has 0 amide bonds. The second-order valence-corrected chi connectivity index (χ2v) is 7.37. The first-order valence-corrected chi connectivity index (χ1v) is 9.02. The lowest BCUT2D eigenvalue weighted by atomic mass is 10.1. The van der Waals surface area contributed by atoms with E-state index in [1.165, 1.54) is 37.1 Å². The molecule has 0 unspecified atom stereocenters. The van der Waals surface area contributed by atoms with Crippen molar-refractivity contribution in [3.05, 3.63) is 35.6 Å². The number of rotatable bonds is 6. The van der Waals surface area contributed by atoms with Gasteiger partial charge in [0.1, 0.15) is 5.82 Å². The summed E-state index contributed by atoms with van der Waals surface area (Å²) in [4.78, 5) is 14.2. The molecule has 1 saturated heterocycles. The van der Waals surface area contributed by atoms with Gasteiger partial charge >= 0.3 is 0 Å². The van der Waals surface area contributed by atoms with E-state index in [2.05, 4.69) is 15.1 Å². The molecule has 0 atom stereocenters. The maximum absolute atomic E-state index is 12.8. The van der Waals surface area contributed by atoms with E-state index in [-0.39, 0.29) is 11.6 Å². The number of thioether (sulfide) groups is 1. The summed E-state index contributed by atoms with van der Waals surface area (Å²) in [5.41, 5.74) is 0.553. The molecule has 1 aromatic heterocycles. The van der Waals surface area contributed by atoms with Crippen molar-refractivity contribution in [1.82, 2.24) is 10.2 Å². The van der Waals surface area contributed by atoms with Crippen molar-refractivity contribution in [1.29, 1.82) is 0 Å². The van der Waals surface area contributed by atoms with E-state index in [9.17, 15) is 9.18 Å². The van der Waals surface area contributed by atoms with Crippen molar-refractivity contribution in [3.63, 3.8) is 0 Å². The van der Waals surface area contributed by atoms with Crippen molar-refractivity contribution >= 4 is 34.0 Å². The van der Waals surface area contributed by atoms with E-state index >= 15 is 0 Å². The van der Waals surface area contributed by atoms with E-state index < -0.39 is 0 Å². The van der Waals surface area contributed by atoms with Gasteiger partial charge in [0.15, 0.2) is 10.1 Å². The first-order valence-electron chi connectivity index (χ1n) is 7.22. The molecule has 0 spiro atoms. The van der Waals surface area contributed by atoms with Crippen LogP contribution in [0.5, 0.6) is 0 Å². The third kappa shape index (κ3) is 3.84. The molecular formula is C15H16FN3OS2. The van der Waals surface area contributed by atoms with Crippen molar-refractivity contribution in [2.45, 2.75) is 23.6 Å². The topological polar surface area (TPSA) is 46.1 Å². The minimum atomic E-state index is -0.325. The molecule has 116 valence electrons. The van der Waals surface area contributed by atoms with Crippen molar-refractivity contribution in [2.24, 2.45) is 0 Å². The summed E-state index contributed by atoms with van der Waals surface area (Å²) in [6.07, 6.45) is 2.84. The second-order valence-electron chi connectivity index (χ2n) is 5.07. The third-order valence-corrected chi connectivity index (χ3v) is 5.61. The Morgan fingerprint density at radius 3 is 2.68 bits per heavy atom. The number of hydrogen-bond acceptors (Lipinski definition) is 6. The van der Waals surface area contributed by atoms with Crippen LogP contribution in [0.1, 0.15) is 29.6 Å². The van der Waals surface area contributed by atoms with Crippen molar-refractivity contribution in [3.8, 4) is 0 Å². The molecule has 1 aliphatic rings. The predicted octanol–water partition coefficient (Wildman–Crippen LogP) is 3.64. The Hall–Kier alpha value is -1.47. The molecule has 1 aliphatic heterocycles. The standard InChI is InChI=1S/C15H16FN3OS2/c16-12-5-3-11(4-6-12)13(20)7-10-21-15-18-17-14(22-15)19-8-1-2-9-19/h3-6H,1-2,7-10H2. The lowest BCUT2D eigenvalue weighted by Crippen LogP contribution is -2.17. The fourth-order valence-corrected chi connectivity index (χ4v) is 4.21. The zero-order chi connectivity index (χ0) is 15.4. The highest BCUT2D eigenvalue weighted by Crippen LogP contribution is 2.30. The van der Waals surface area contributed by atoms with Crippen molar-refractivity contribution in [2.75, 3.05) is 23.7 Å². The van der Waals surface area contributed by atoms with Crippen LogP contribution in [0.4, 0.5) is 9.52 Å². The van der Waals surface area contributed by atoms with Crippen LogP contribution in [0.15, 0.2) is 28.6 Å². The number of halogens is 1. The lowest BCUT2D eigenvalue weighted by molar-refractivity contribution is 0.0989. The van der Waals surface area contributed by atoms with E-state index in [1.807, 2.05) is 0 Å². The Bertz CT molecular complexity index is 638. The van der Waals surface area contributed by atoms with Gasteiger partial charge in [-0.25, -0.2) is 4.39 Å². The molecule has 0 N–H and O–H groups in total. The van der Waals surface area contributed by atoms with Gasteiger partial charge in [-0.05, 0) is 37.1 Å². The summed E-state index contributed by atoms with van der Waals surface area (Å²) in [5, 5.41) is 9.36. The minimum absolute atomic E-state index is 0.0248. The highest BCUT2D eigenvalue weighted by atomic mass is 32.2. The van der Waals surface area contributed by atoms with Crippen LogP contribution in [0.2, 0.25) is 0 Å². The number of carbonyl (C=O) groups excluding carboxylic acids is 1. The lowest BCUT2D eigenvalue weighted by Gasteiger charge is -2.10. The molecule has 1 aromatic carbocycles. The van der Waals surface area contributed by atoms with Gasteiger partial charge in [-0.15, -0.1) is 10.2 Å². The Morgan fingerprint density at radius 1 is 1.23 bits per heavy atom. The SMILES string of the molecule is O=C(CCSc1nnc(N2CCCC2)s1)c1ccc(F)cc1. The molecule has 0 saturated carbocycles. The van der Waals surface area contributed by atoms with Gasteiger partial charge in [0, 0.05) is 30.8 Å². The van der Waals surface area contributed by atoms with Crippen LogP contribution < -0.4 is 4.90 Å². The fourth-order valence-electron chi connectivity index (χ4n) is 2.31. The predicted molar refractivity (Wildman–Crippen MR) is 87.4 cm³/mol. The minimum Gasteiger partial charge on any atom is -0.347 e. The molecule has 0 bridgehead atoms. The van der Waals surface area contributed by atoms with Crippen molar-refractivity contribution < 1.29 is 9.18 Å². The molecule has 2 heterocycles. The number of benzene rings is 1. The highest BCUT2D eigenvalue weighted by molar-refractivity contribution is 8.01. The number of hydrogen-bond donors (Lipinski definition) is 0. The summed E-state index contributed by atoms with van der Waals surface area (Å²) in [5.74, 6) is 0.358. The smallest absolute Gasteiger partial charge is 0.209 e. The zero-order valence-corrected chi connectivity index (χ0v) is 13.6. The van der Waals surface area contributed by atoms with E-state index in [0.717, 1.165) is 22.6 Å². The number of Topliss-reactive ketones (excluding diaryl/α,β-unsaturated/α-hetero) is 1. The number of aromatic nitrogens is 2. The third-order valence-electron chi connectivity index (χ3n) is 3.49. The first kappa shape index (κ1) is 15.4. The summed E-state index contributed by atoms with van der Waals surface area (Å²) < 4.78 is 13.7. The average Bonchev–Trinajstić information content (AvgIpc) is 3.19. The normalized spacial score (nSPS) is 14.5. The maximum Gasteiger partial charge on any atom is 0.209 e. The number of nitrogens with zero attached hydrogens (tertiary/aromatic N) is 3. The van der Waals surface area contributed by atoms with E-state index in [1.54, 1.807) is 23.1 Å². The molecular weight excluding hydrogens is 321 g/mol. The van der Waals surface area contributed by atoms with Crippen LogP contribution in [0, 0.1) is 5.82 Å². The zero-order valence-electron chi connectivity index (χ0n) is 12.0. The highest BCUT2D eigenvalue weighted by Gasteiger charge is 2.17. The first-order chi connectivity index (χ1) is 10.7. The van der Waals surface area contributed by atoms with Gasteiger partial charge in [-0.2, -0.15) is 0 Å². The average molecular weight is 337 g/mol. The van der Waals surface area contributed by atoms with Crippen LogP contribution in [-0.2, 0) is 0 Å². The molecule has 22 heavy (non-hydrogen) atoms. The number of ketones is 1. The summed E-state index contributed by atoms with van der Waals surface area (Å²) in [6.45, 7) is 2.12. The Kier molecular flexibility index (Phi) is 5.04. The molecule has 4 nitrogen and oxygen atoms in total. The second kappa shape index (κ2) is 7.19. The monoisotopic (exact) mass is 337 g/mol. The van der Waals surface area contributed by atoms with Gasteiger partial charge < -0.3 is 4.90 Å². The van der Waals surface area contributed by atoms with Crippen LogP contribution >= 0.6 is 23.1 Å². The largest absolute Gasteiger partial charge is 0.347 e. The Balaban J connectivity index is 1.48. The fraction of sp³-hybridized carbons (Fsp3) is 0.400. The van der Waals surface area contributed by atoms with Gasteiger partial charge in [-0.1, -0.05) is 23.1 Å². The quantitative estimate of drug-likeness (QED) is 0.595. The van der Waals surface area contributed by atoms with Gasteiger partial charge in [0.25, 0.3) is 0 Å². The number of carbonyl (C=O) groups is 1. The maximum atomic E-state index is 12.8. The summed E-state index contributed by atoms with van der Waals surface area (Å²) in [7, 11) is 0. The van der Waals surface area contributed by atoms with Gasteiger partial charge in [-0.3, -0.25) is 4.79 Å². The van der Waals surface area contributed by atoms with Crippen LogP contribution in [0.3, 0.4) is 0 Å².